The number of carbonyl (C=O) groups excluding carboxylic acids is 1. The molecular formula is C13H23F3N2O2. The minimum atomic E-state index is -4.22. The van der Waals surface area contributed by atoms with Crippen molar-refractivity contribution in [1.82, 2.24) is 10.2 Å². The van der Waals surface area contributed by atoms with Crippen LogP contribution >= 0.6 is 0 Å². The van der Waals surface area contributed by atoms with Gasteiger partial charge in [0.1, 0.15) is 0 Å². The number of aliphatic hydroxyl groups excluding tert-OH is 1. The molecule has 0 aliphatic carbocycles. The molecule has 0 bridgehead atoms. The van der Waals surface area contributed by atoms with E-state index in [4.69, 9.17) is 5.11 Å². The van der Waals surface area contributed by atoms with E-state index in [1.165, 1.54) is 4.90 Å². The lowest BCUT2D eigenvalue weighted by molar-refractivity contribution is -0.152. The van der Waals surface area contributed by atoms with Gasteiger partial charge in [0, 0.05) is 19.2 Å². The summed E-state index contributed by atoms with van der Waals surface area (Å²) in [6.07, 6.45) is -1.70. The molecule has 4 nitrogen and oxygen atoms in total. The quantitative estimate of drug-likeness (QED) is 0.782. The van der Waals surface area contributed by atoms with Crippen LogP contribution in [0.25, 0.3) is 0 Å². The second kappa shape index (κ2) is 7.83. The van der Waals surface area contributed by atoms with E-state index in [9.17, 15) is 18.0 Å². The summed E-state index contributed by atoms with van der Waals surface area (Å²) in [5.41, 5.74) is 0. The van der Waals surface area contributed by atoms with Crippen molar-refractivity contribution in [1.29, 1.82) is 0 Å². The van der Waals surface area contributed by atoms with Crippen molar-refractivity contribution in [2.24, 2.45) is 5.92 Å². The predicted molar refractivity (Wildman–Crippen MR) is 69.1 cm³/mol. The highest BCUT2D eigenvalue weighted by Crippen LogP contribution is 2.22. The largest absolute Gasteiger partial charge is 0.401 e. The van der Waals surface area contributed by atoms with Crippen molar-refractivity contribution in [2.45, 2.75) is 44.8 Å². The van der Waals surface area contributed by atoms with Crippen LogP contribution in [-0.4, -0.2) is 54.4 Å². The van der Waals surface area contributed by atoms with Crippen LogP contribution in [0.5, 0.6) is 0 Å². The highest BCUT2D eigenvalue weighted by Gasteiger charge is 2.34. The van der Waals surface area contributed by atoms with Crippen LogP contribution in [0.1, 0.15) is 32.6 Å². The predicted octanol–water partition coefficient (Wildman–Crippen LogP) is 1.54. The number of aliphatic hydroxyl groups is 1. The number of alkyl halides is 3. The molecule has 0 radical (unpaired) electrons. The summed E-state index contributed by atoms with van der Waals surface area (Å²) in [5, 5.41) is 11.5. The molecule has 0 aromatic carbocycles. The molecule has 1 fully saturated rings. The van der Waals surface area contributed by atoms with Crippen LogP contribution in [0, 0.1) is 5.92 Å². The van der Waals surface area contributed by atoms with E-state index in [1.807, 2.05) is 6.92 Å². The molecule has 2 N–H and O–H groups in total. The Bertz CT molecular complexity index is 310. The zero-order valence-corrected chi connectivity index (χ0v) is 11.7. The van der Waals surface area contributed by atoms with Crippen molar-refractivity contribution in [3.05, 3.63) is 0 Å². The third-order valence-electron chi connectivity index (χ3n) is 3.46. The Balaban J connectivity index is 2.40. The zero-order valence-electron chi connectivity index (χ0n) is 11.7. The van der Waals surface area contributed by atoms with Gasteiger partial charge in [-0.05, 0) is 39.2 Å². The van der Waals surface area contributed by atoms with Gasteiger partial charge >= 0.3 is 6.18 Å². The molecular weight excluding hydrogens is 273 g/mol. The van der Waals surface area contributed by atoms with Crippen molar-refractivity contribution in [2.75, 3.05) is 26.2 Å². The van der Waals surface area contributed by atoms with Crippen LogP contribution in [0.15, 0.2) is 0 Å². The lowest BCUT2D eigenvalue weighted by Gasteiger charge is -2.32. The van der Waals surface area contributed by atoms with Crippen molar-refractivity contribution in [3.63, 3.8) is 0 Å². The first-order chi connectivity index (χ1) is 9.31. The summed E-state index contributed by atoms with van der Waals surface area (Å²) in [7, 11) is 0. The summed E-state index contributed by atoms with van der Waals surface area (Å²) in [6, 6.07) is -0.0624. The Kier molecular flexibility index (Phi) is 6.75. The summed E-state index contributed by atoms with van der Waals surface area (Å²) in [4.78, 5) is 13.3. The van der Waals surface area contributed by atoms with Crippen LogP contribution in [0.4, 0.5) is 13.2 Å². The van der Waals surface area contributed by atoms with E-state index in [0.29, 0.717) is 32.2 Å². The normalized spacial score (nSPS) is 22.6. The number of likely N-dealkylation sites (tertiary alicyclic amines) is 1. The van der Waals surface area contributed by atoms with Gasteiger partial charge in [-0.15, -0.1) is 0 Å². The van der Waals surface area contributed by atoms with Gasteiger partial charge in [-0.1, -0.05) is 0 Å². The standard InChI is InChI=1S/C13H23F3N2O2/c1-10(4-3-7-19)17-12(20)11-5-2-6-18(8-11)9-13(14,15)16/h10-11,19H,2-9H2,1H3,(H,17,20). The molecule has 0 aromatic rings. The van der Waals surface area contributed by atoms with Gasteiger partial charge in [-0.25, -0.2) is 0 Å². The molecule has 1 saturated heterocycles. The molecule has 1 aliphatic heterocycles. The second-order valence-corrected chi connectivity index (χ2v) is 5.46. The number of halogens is 3. The fraction of sp³-hybridized carbons (Fsp3) is 0.923. The van der Waals surface area contributed by atoms with Crippen LogP contribution in [0.2, 0.25) is 0 Å². The van der Waals surface area contributed by atoms with Gasteiger partial charge in [0.25, 0.3) is 0 Å². The summed E-state index contributed by atoms with van der Waals surface area (Å²) >= 11 is 0. The third-order valence-corrected chi connectivity index (χ3v) is 3.46. The van der Waals surface area contributed by atoms with E-state index >= 15 is 0 Å². The number of hydrogen-bond acceptors (Lipinski definition) is 3. The lowest BCUT2D eigenvalue weighted by atomic mass is 9.96. The Morgan fingerprint density at radius 2 is 2.20 bits per heavy atom. The van der Waals surface area contributed by atoms with E-state index in [0.717, 1.165) is 0 Å². The molecule has 118 valence electrons. The van der Waals surface area contributed by atoms with Gasteiger partial charge in [0.15, 0.2) is 0 Å². The second-order valence-electron chi connectivity index (χ2n) is 5.46. The van der Waals surface area contributed by atoms with Crippen molar-refractivity contribution < 1.29 is 23.1 Å². The first-order valence-corrected chi connectivity index (χ1v) is 7.02. The SMILES string of the molecule is CC(CCCO)NC(=O)C1CCCN(CC(F)(F)F)C1. The first kappa shape index (κ1) is 17.2. The zero-order chi connectivity index (χ0) is 15.2. The van der Waals surface area contributed by atoms with Crippen molar-refractivity contribution >= 4 is 5.91 Å². The van der Waals surface area contributed by atoms with E-state index < -0.39 is 12.7 Å². The Labute approximate surface area is 117 Å². The highest BCUT2D eigenvalue weighted by atomic mass is 19.4. The molecule has 1 amide bonds. The van der Waals surface area contributed by atoms with Gasteiger partial charge in [0.2, 0.25) is 5.91 Å². The molecule has 7 heteroatoms. The third kappa shape index (κ3) is 6.56. The van der Waals surface area contributed by atoms with Crippen LogP contribution in [0.3, 0.4) is 0 Å². The monoisotopic (exact) mass is 296 g/mol. The van der Waals surface area contributed by atoms with Crippen molar-refractivity contribution in [3.8, 4) is 0 Å². The van der Waals surface area contributed by atoms with E-state index in [1.54, 1.807) is 0 Å². The molecule has 0 spiro atoms. The lowest BCUT2D eigenvalue weighted by Crippen LogP contribution is -2.47. The van der Waals surface area contributed by atoms with Crippen LogP contribution in [-0.2, 0) is 4.79 Å². The fourth-order valence-corrected chi connectivity index (χ4v) is 2.50. The Hall–Kier alpha value is -0.820. The average Bonchev–Trinajstić information content (AvgIpc) is 2.34. The van der Waals surface area contributed by atoms with E-state index in [2.05, 4.69) is 5.32 Å². The number of nitrogens with one attached hydrogen (secondary N) is 1. The molecule has 0 saturated carbocycles. The van der Waals surface area contributed by atoms with Gasteiger partial charge in [-0.2, -0.15) is 13.2 Å². The number of piperidine rings is 1. The molecule has 2 atom stereocenters. The van der Waals surface area contributed by atoms with Gasteiger partial charge < -0.3 is 10.4 Å². The topological polar surface area (TPSA) is 52.6 Å². The summed E-state index contributed by atoms with van der Waals surface area (Å²) in [5.74, 6) is -0.551. The minimum Gasteiger partial charge on any atom is -0.396 e. The van der Waals surface area contributed by atoms with Gasteiger partial charge in [0.05, 0.1) is 12.5 Å². The molecule has 20 heavy (non-hydrogen) atoms. The molecule has 0 aromatic heterocycles. The smallest absolute Gasteiger partial charge is 0.396 e. The minimum absolute atomic E-state index is 0.0624. The number of rotatable bonds is 6. The molecule has 1 aliphatic rings. The van der Waals surface area contributed by atoms with Gasteiger partial charge in [-0.3, -0.25) is 9.69 Å². The number of amides is 1. The first-order valence-electron chi connectivity index (χ1n) is 7.02. The van der Waals surface area contributed by atoms with E-state index in [-0.39, 0.29) is 31.0 Å². The molecule has 2 unspecified atom stereocenters. The Morgan fingerprint density at radius 1 is 1.50 bits per heavy atom. The summed E-state index contributed by atoms with van der Waals surface area (Å²) in [6.45, 7) is 1.52. The maximum atomic E-state index is 12.4. The number of hydrogen-bond donors (Lipinski definition) is 2. The molecule has 1 rings (SSSR count). The van der Waals surface area contributed by atoms with Crippen LogP contribution < -0.4 is 5.32 Å². The average molecular weight is 296 g/mol. The fourth-order valence-electron chi connectivity index (χ4n) is 2.50. The maximum Gasteiger partial charge on any atom is 0.401 e. The highest BCUT2D eigenvalue weighted by molar-refractivity contribution is 5.79. The number of nitrogens with zero attached hydrogens (tertiary/aromatic N) is 1. The number of carbonyl (C=O) groups is 1. The Morgan fingerprint density at radius 3 is 2.80 bits per heavy atom. The maximum absolute atomic E-state index is 12.4. The molecule has 1 heterocycles. The summed E-state index contributed by atoms with van der Waals surface area (Å²) < 4.78 is 37.1.